The number of carbonyl (C=O) groups is 1. The molecule has 2 N–H and O–H groups in total. The minimum absolute atomic E-state index is 0.0384. The molecule has 0 fully saturated rings. The van der Waals surface area contributed by atoms with E-state index < -0.39 is 10.0 Å². The number of rotatable bonds is 6. The lowest BCUT2D eigenvalue weighted by Crippen LogP contribution is -2.33. The van der Waals surface area contributed by atoms with Gasteiger partial charge in [0, 0.05) is 11.7 Å². The van der Waals surface area contributed by atoms with E-state index in [2.05, 4.69) is 29.0 Å². The predicted octanol–water partition coefficient (Wildman–Crippen LogP) is 2.57. The maximum Gasteiger partial charge on any atom is 0.229 e. The minimum Gasteiger partial charge on any atom is -0.347 e. The highest BCUT2D eigenvalue weighted by Crippen LogP contribution is 2.31. The molecular formula is C19H26N4O3S. The molecular weight excluding hydrogens is 364 g/mol. The van der Waals surface area contributed by atoms with Crippen LogP contribution in [0.25, 0.3) is 0 Å². The number of hydrogen-bond donors (Lipinski definition) is 2. The van der Waals surface area contributed by atoms with E-state index >= 15 is 0 Å². The van der Waals surface area contributed by atoms with Gasteiger partial charge >= 0.3 is 0 Å². The summed E-state index contributed by atoms with van der Waals surface area (Å²) in [7, 11) is -3.35. The molecule has 0 radical (unpaired) electrons. The zero-order chi connectivity index (χ0) is 19.6. The van der Waals surface area contributed by atoms with Gasteiger partial charge in [0.1, 0.15) is 0 Å². The molecule has 1 aromatic carbocycles. The van der Waals surface area contributed by atoms with Crippen LogP contribution in [0.5, 0.6) is 0 Å². The first-order chi connectivity index (χ1) is 12.7. The summed E-state index contributed by atoms with van der Waals surface area (Å²) in [6.45, 7) is 4.17. The van der Waals surface area contributed by atoms with Crippen LogP contribution in [0.2, 0.25) is 0 Å². The summed E-state index contributed by atoms with van der Waals surface area (Å²) in [5.74, 6) is -0.0825. The third kappa shape index (κ3) is 4.88. The molecule has 1 amide bonds. The normalized spacial score (nSPS) is 16.8. The van der Waals surface area contributed by atoms with Crippen molar-refractivity contribution >= 4 is 21.6 Å². The van der Waals surface area contributed by atoms with Crippen molar-refractivity contribution in [2.24, 2.45) is 0 Å². The lowest BCUT2D eigenvalue weighted by molar-refractivity contribution is -0.121. The molecule has 1 aliphatic carbocycles. The maximum absolute atomic E-state index is 12.6. The van der Waals surface area contributed by atoms with Crippen molar-refractivity contribution in [3.63, 3.8) is 0 Å². The summed E-state index contributed by atoms with van der Waals surface area (Å²) >= 11 is 0. The van der Waals surface area contributed by atoms with E-state index in [1.54, 1.807) is 18.2 Å². The van der Waals surface area contributed by atoms with Crippen LogP contribution in [0, 0.1) is 0 Å². The number of nitrogens with one attached hydrogen (secondary N) is 2. The predicted molar refractivity (Wildman–Crippen MR) is 105 cm³/mol. The minimum atomic E-state index is -3.35. The molecule has 27 heavy (non-hydrogen) atoms. The molecule has 8 heteroatoms. The van der Waals surface area contributed by atoms with Gasteiger partial charge in [0.25, 0.3) is 0 Å². The molecule has 146 valence electrons. The van der Waals surface area contributed by atoms with Crippen LogP contribution in [0.3, 0.4) is 0 Å². The number of fused-ring (bicyclic) bond motifs is 1. The van der Waals surface area contributed by atoms with Crippen molar-refractivity contribution in [1.29, 1.82) is 0 Å². The average Bonchev–Trinajstić information content (AvgIpc) is 2.99. The van der Waals surface area contributed by atoms with E-state index in [0.717, 1.165) is 36.8 Å². The first-order valence-corrected chi connectivity index (χ1v) is 11.0. The second-order valence-electron chi connectivity index (χ2n) is 7.36. The lowest BCUT2D eigenvalue weighted by atomic mass is 9.93. The number of nitrogens with zero attached hydrogens (tertiary/aromatic N) is 2. The van der Waals surface area contributed by atoms with Crippen molar-refractivity contribution in [3.05, 3.63) is 47.3 Å². The first-order valence-electron chi connectivity index (χ1n) is 9.15. The summed E-state index contributed by atoms with van der Waals surface area (Å²) in [5.41, 5.74) is 3.53. The highest BCUT2D eigenvalue weighted by Gasteiger charge is 2.27. The van der Waals surface area contributed by atoms with E-state index in [-0.39, 0.29) is 24.4 Å². The number of benzene rings is 1. The van der Waals surface area contributed by atoms with Crippen molar-refractivity contribution in [3.8, 4) is 0 Å². The highest BCUT2D eigenvalue weighted by molar-refractivity contribution is 7.92. The molecule has 7 nitrogen and oxygen atoms in total. The van der Waals surface area contributed by atoms with Crippen LogP contribution in [-0.2, 0) is 27.7 Å². The van der Waals surface area contributed by atoms with E-state index in [1.165, 1.54) is 5.56 Å². The van der Waals surface area contributed by atoms with Gasteiger partial charge in [0.05, 0.1) is 30.6 Å². The maximum atomic E-state index is 12.6. The third-order valence-electron chi connectivity index (χ3n) is 4.60. The van der Waals surface area contributed by atoms with Crippen LogP contribution in [0.4, 0.5) is 5.69 Å². The van der Waals surface area contributed by atoms with Gasteiger partial charge in [-0.15, -0.1) is 0 Å². The number of aromatic nitrogens is 2. The second kappa shape index (κ2) is 7.72. The number of amides is 1. The zero-order valence-electron chi connectivity index (χ0n) is 15.9. The molecule has 1 heterocycles. The van der Waals surface area contributed by atoms with Gasteiger partial charge < -0.3 is 5.32 Å². The van der Waals surface area contributed by atoms with Crippen molar-refractivity contribution in [2.45, 2.75) is 51.6 Å². The van der Waals surface area contributed by atoms with E-state index in [1.807, 2.05) is 16.9 Å². The molecule has 0 saturated heterocycles. The Morgan fingerprint density at radius 1 is 1.37 bits per heavy atom. The van der Waals surface area contributed by atoms with Gasteiger partial charge in [-0.2, -0.15) is 5.10 Å². The number of anilines is 1. The van der Waals surface area contributed by atoms with Crippen molar-refractivity contribution in [2.75, 3.05) is 11.0 Å². The number of sulfonamides is 1. The topological polar surface area (TPSA) is 93.1 Å². The van der Waals surface area contributed by atoms with E-state index in [4.69, 9.17) is 0 Å². The SMILES string of the molecule is CC(C)n1ncc2c1C(NC(=O)Cc1cccc(NS(C)(=O)=O)c1)CCC2. The summed E-state index contributed by atoms with van der Waals surface area (Å²) < 4.78 is 27.2. The fraction of sp³-hybridized carbons (Fsp3) is 0.474. The van der Waals surface area contributed by atoms with Crippen LogP contribution < -0.4 is 10.0 Å². The Bertz CT molecular complexity index is 934. The second-order valence-corrected chi connectivity index (χ2v) is 9.11. The summed E-state index contributed by atoms with van der Waals surface area (Å²) in [6.07, 6.45) is 6.12. The van der Waals surface area contributed by atoms with Crippen LogP contribution in [0.15, 0.2) is 30.5 Å². The highest BCUT2D eigenvalue weighted by atomic mass is 32.2. The number of hydrogen-bond acceptors (Lipinski definition) is 4. The molecule has 3 rings (SSSR count). The quantitative estimate of drug-likeness (QED) is 0.793. The third-order valence-corrected chi connectivity index (χ3v) is 5.21. The molecule has 1 aliphatic rings. The van der Waals surface area contributed by atoms with Gasteiger partial charge in [-0.05, 0) is 56.4 Å². The smallest absolute Gasteiger partial charge is 0.229 e. The molecule has 0 spiro atoms. The van der Waals surface area contributed by atoms with Crippen molar-refractivity contribution < 1.29 is 13.2 Å². The Kier molecular flexibility index (Phi) is 5.55. The zero-order valence-corrected chi connectivity index (χ0v) is 16.7. The first kappa shape index (κ1) is 19.4. The van der Waals surface area contributed by atoms with Crippen LogP contribution in [0.1, 0.15) is 55.6 Å². The molecule has 1 unspecified atom stereocenters. The van der Waals surface area contributed by atoms with Gasteiger partial charge in [-0.1, -0.05) is 12.1 Å². The Morgan fingerprint density at radius 2 is 2.15 bits per heavy atom. The Balaban J connectivity index is 1.71. The number of carbonyl (C=O) groups excluding carboxylic acids is 1. The van der Waals surface area contributed by atoms with E-state index in [9.17, 15) is 13.2 Å². The molecule has 0 saturated carbocycles. The molecule has 1 atom stereocenters. The molecule has 0 aliphatic heterocycles. The van der Waals surface area contributed by atoms with Gasteiger partial charge in [-0.25, -0.2) is 8.42 Å². The lowest BCUT2D eigenvalue weighted by Gasteiger charge is -2.26. The molecule has 1 aromatic heterocycles. The number of aryl methyl sites for hydroxylation is 1. The Hall–Kier alpha value is -2.35. The summed E-state index contributed by atoms with van der Waals surface area (Å²) in [6, 6.07) is 7.11. The largest absolute Gasteiger partial charge is 0.347 e. The van der Waals surface area contributed by atoms with Gasteiger partial charge in [0.2, 0.25) is 15.9 Å². The molecule has 0 bridgehead atoms. The average molecular weight is 391 g/mol. The standard InChI is InChI=1S/C19H26N4O3S/c1-13(2)23-19-15(12-20-23)7-5-9-17(19)21-18(24)11-14-6-4-8-16(10-14)22-27(3,25)26/h4,6,8,10,12-13,17,22H,5,7,9,11H2,1-3H3,(H,21,24). The van der Waals surface area contributed by atoms with Gasteiger partial charge in [-0.3, -0.25) is 14.2 Å². The summed E-state index contributed by atoms with van der Waals surface area (Å²) in [5, 5.41) is 7.62. The van der Waals surface area contributed by atoms with Crippen molar-refractivity contribution in [1.82, 2.24) is 15.1 Å². The fourth-order valence-electron chi connectivity index (χ4n) is 3.56. The Labute approximate surface area is 160 Å². The van der Waals surface area contributed by atoms with E-state index in [0.29, 0.717) is 5.69 Å². The fourth-order valence-corrected chi connectivity index (χ4v) is 4.11. The van der Waals surface area contributed by atoms with Gasteiger partial charge in [0.15, 0.2) is 0 Å². The summed E-state index contributed by atoms with van der Waals surface area (Å²) in [4.78, 5) is 12.6. The van der Waals surface area contributed by atoms with Crippen LogP contribution >= 0.6 is 0 Å². The monoisotopic (exact) mass is 390 g/mol. The molecule has 2 aromatic rings. The Morgan fingerprint density at radius 3 is 2.85 bits per heavy atom. The van der Waals surface area contributed by atoms with Crippen LogP contribution in [-0.4, -0.2) is 30.4 Å².